The van der Waals surface area contributed by atoms with Crippen molar-refractivity contribution < 1.29 is 17.9 Å². The molecule has 0 unspecified atom stereocenters. The zero-order valence-corrected chi connectivity index (χ0v) is 15.4. The minimum absolute atomic E-state index is 0.00287. The zero-order chi connectivity index (χ0) is 17.7. The van der Waals surface area contributed by atoms with Gasteiger partial charge in [-0.15, -0.1) is 0 Å². The summed E-state index contributed by atoms with van der Waals surface area (Å²) in [6, 6.07) is 4.16. The molecule has 24 heavy (non-hydrogen) atoms. The lowest BCUT2D eigenvalue weighted by molar-refractivity contribution is -0.131. The summed E-state index contributed by atoms with van der Waals surface area (Å²) >= 11 is 5.95. The number of hydrogen-bond donors (Lipinski definition) is 1. The van der Waals surface area contributed by atoms with E-state index >= 15 is 0 Å². The second-order valence-electron chi connectivity index (χ2n) is 5.44. The van der Waals surface area contributed by atoms with Crippen LogP contribution in [0.5, 0.6) is 5.75 Å². The SMILES string of the molecule is CCN1CCN(C(=O)CNS(=O)(=O)c2ccc(OC)c(Cl)c2)CC1. The summed E-state index contributed by atoms with van der Waals surface area (Å²) in [5.41, 5.74) is 0. The molecule has 0 atom stereocenters. The highest BCUT2D eigenvalue weighted by atomic mass is 35.5. The van der Waals surface area contributed by atoms with Crippen LogP contribution in [0, 0.1) is 0 Å². The number of methoxy groups -OCH3 is 1. The van der Waals surface area contributed by atoms with E-state index in [-0.39, 0.29) is 22.4 Å². The number of nitrogens with one attached hydrogen (secondary N) is 1. The number of sulfonamides is 1. The second kappa shape index (κ2) is 8.15. The van der Waals surface area contributed by atoms with Gasteiger partial charge in [-0.3, -0.25) is 4.79 Å². The van der Waals surface area contributed by atoms with Gasteiger partial charge in [-0.1, -0.05) is 18.5 Å². The molecular formula is C15H22ClN3O4S. The van der Waals surface area contributed by atoms with Gasteiger partial charge in [0.1, 0.15) is 5.75 Å². The largest absolute Gasteiger partial charge is 0.495 e. The van der Waals surface area contributed by atoms with Crippen molar-refractivity contribution in [1.29, 1.82) is 0 Å². The summed E-state index contributed by atoms with van der Waals surface area (Å²) in [6.07, 6.45) is 0. The average molecular weight is 376 g/mol. The molecule has 0 saturated carbocycles. The van der Waals surface area contributed by atoms with Crippen LogP contribution >= 0.6 is 11.6 Å². The van der Waals surface area contributed by atoms with Crippen LogP contribution in [0.15, 0.2) is 23.1 Å². The first-order valence-electron chi connectivity index (χ1n) is 7.70. The number of rotatable bonds is 6. The molecule has 1 N–H and O–H groups in total. The van der Waals surface area contributed by atoms with Crippen molar-refractivity contribution in [3.8, 4) is 5.75 Å². The first kappa shape index (κ1) is 19.0. The van der Waals surface area contributed by atoms with Crippen molar-refractivity contribution in [2.45, 2.75) is 11.8 Å². The Kier molecular flexibility index (Phi) is 6.45. The number of benzene rings is 1. The topological polar surface area (TPSA) is 79.0 Å². The summed E-state index contributed by atoms with van der Waals surface area (Å²) < 4.78 is 31.9. The molecule has 1 aliphatic rings. The third-order valence-corrected chi connectivity index (χ3v) is 5.71. The number of hydrogen-bond acceptors (Lipinski definition) is 5. The molecule has 9 heteroatoms. The number of carbonyl (C=O) groups excluding carboxylic acids is 1. The average Bonchev–Trinajstić information content (AvgIpc) is 2.59. The highest BCUT2D eigenvalue weighted by Crippen LogP contribution is 2.26. The van der Waals surface area contributed by atoms with E-state index in [1.54, 1.807) is 4.90 Å². The Balaban J connectivity index is 1.95. The van der Waals surface area contributed by atoms with Crippen LogP contribution in [0.1, 0.15) is 6.92 Å². The highest BCUT2D eigenvalue weighted by Gasteiger charge is 2.22. The number of likely N-dealkylation sites (N-methyl/N-ethyl adjacent to an activating group) is 1. The monoisotopic (exact) mass is 375 g/mol. The van der Waals surface area contributed by atoms with Crippen LogP contribution in [0.25, 0.3) is 0 Å². The van der Waals surface area contributed by atoms with E-state index in [2.05, 4.69) is 16.5 Å². The Morgan fingerprint density at radius 1 is 1.29 bits per heavy atom. The fraction of sp³-hybridized carbons (Fsp3) is 0.533. The van der Waals surface area contributed by atoms with Crippen molar-refractivity contribution in [1.82, 2.24) is 14.5 Å². The molecule has 1 fully saturated rings. The van der Waals surface area contributed by atoms with Crippen molar-refractivity contribution >= 4 is 27.5 Å². The Labute approximate surface area is 147 Å². The fourth-order valence-electron chi connectivity index (χ4n) is 2.48. The summed E-state index contributed by atoms with van der Waals surface area (Å²) in [6.45, 7) is 5.61. The molecule has 134 valence electrons. The number of piperazine rings is 1. The van der Waals surface area contributed by atoms with Crippen LogP contribution in [0.3, 0.4) is 0 Å². The minimum atomic E-state index is -3.80. The number of amides is 1. The first-order chi connectivity index (χ1) is 11.4. The van der Waals surface area contributed by atoms with Crippen molar-refractivity contribution in [3.05, 3.63) is 23.2 Å². The standard InChI is InChI=1S/C15H22ClN3O4S/c1-3-18-6-8-19(9-7-18)15(20)11-17-24(21,22)12-4-5-14(23-2)13(16)10-12/h4-5,10,17H,3,6-9,11H2,1-2H3. The van der Waals surface area contributed by atoms with Gasteiger partial charge in [0.25, 0.3) is 0 Å². The van der Waals surface area contributed by atoms with Gasteiger partial charge >= 0.3 is 0 Å². The molecule has 0 spiro atoms. The lowest BCUT2D eigenvalue weighted by Crippen LogP contribution is -2.51. The van der Waals surface area contributed by atoms with E-state index in [1.165, 1.54) is 25.3 Å². The molecule has 7 nitrogen and oxygen atoms in total. The van der Waals surface area contributed by atoms with Crippen LogP contribution in [0.4, 0.5) is 0 Å². The third kappa shape index (κ3) is 4.60. The number of halogens is 1. The van der Waals surface area contributed by atoms with E-state index in [1.807, 2.05) is 0 Å². The molecule has 1 heterocycles. The fourth-order valence-corrected chi connectivity index (χ4v) is 3.80. The van der Waals surface area contributed by atoms with Gasteiger partial charge in [0, 0.05) is 26.2 Å². The molecule has 1 aliphatic heterocycles. The van der Waals surface area contributed by atoms with Gasteiger partial charge in [-0.25, -0.2) is 13.1 Å². The lowest BCUT2D eigenvalue weighted by Gasteiger charge is -2.34. The molecule has 1 amide bonds. The Morgan fingerprint density at radius 3 is 2.50 bits per heavy atom. The normalized spacial score (nSPS) is 16.2. The predicted octanol–water partition coefficient (Wildman–Crippen LogP) is 0.791. The molecule has 0 aromatic heterocycles. The Hall–Kier alpha value is -1.35. The van der Waals surface area contributed by atoms with Gasteiger partial charge in [-0.2, -0.15) is 0 Å². The van der Waals surface area contributed by atoms with Crippen molar-refractivity contribution in [2.24, 2.45) is 0 Å². The Bertz CT molecular complexity index is 688. The Morgan fingerprint density at radius 2 is 1.96 bits per heavy atom. The van der Waals surface area contributed by atoms with E-state index in [0.717, 1.165) is 19.6 Å². The molecule has 0 radical (unpaired) electrons. The van der Waals surface area contributed by atoms with Crippen LogP contribution in [-0.4, -0.2) is 70.5 Å². The summed E-state index contributed by atoms with van der Waals surface area (Å²) in [5.74, 6) is 0.162. The quantitative estimate of drug-likeness (QED) is 0.795. The first-order valence-corrected chi connectivity index (χ1v) is 9.57. The maximum absolute atomic E-state index is 12.3. The van der Waals surface area contributed by atoms with Gasteiger partial charge in [-0.05, 0) is 24.7 Å². The molecule has 1 aromatic carbocycles. The number of nitrogens with zero attached hydrogens (tertiary/aromatic N) is 2. The summed E-state index contributed by atoms with van der Waals surface area (Å²) in [4.78, 5) is 16.1. The highest BCUT2D eigenvalue weighted by molar-refractivity contribution is 7.89. The molecule has 0 bridgehead atoms. The molecule has 1 aromatic rings. The molecule has 0 aliphatic carbocycles. The van der Waals surface area contributed by atoms with Gasteiger partial charge in [0.2, 0.25) is 15.9 Å². The third-order valence-electron chi connectivity index (χ3n) is 4.02. The van der Waals surface area contributed by atoms with Gasteiger partial charge < -0.3 is 14.5 Å². The molecular weight excluding hydrogens is 354 g/mol. The molecule has 1 saturated heterocycles. The van der Waals surface area contributed by atoms with Gasteiger partial charge in [0.05, 0.1) is 23.6 Å². The second-order valence-corrected chi connectivity index (χ2v) is 7.61. The van der Waals surface area contributed by atoms with Crippen LogP contribution in [-0.2, 0) is 14.8 Å². The smallest absolute Gasteiger partial charge is 0.241 e. The van der Waals surface area contributed by atoms with Crippen LogP contribution < -0.4 is 9.46 Å². The van der Waals surface area contributed by atoms with Crippen molar-refractivity contribution in [2.75, 3.05) is 46.4 Å². The zero-order valence-electron chi connectivity index (χ0n) is 13.8. The number of ether oxygens (including phenoxy) is 1. The van der Waals surface area contributed by atoms with Crippen molar-refractivity contribution in [3.63, 3.8) is 0 Å². The molecule has 2 rings (SSSR count). The van der Waals surface area contributed by atoms with Crippen LogP contribution in [0.2, 0.25) is 5.02 Å². The maximum atomic E-state index is 12.3. The van der Waals surface area contributed by atoms with E-state index in [0.29, 0.717) is 18.8 Å². The van der Waals surface area contributed by atoms with E-state index in [9.17, 15) is 13.2 Å². The predicted molar refractivity (Wildman–Crippen MR) is 91.9 cm³/mol. The maximum Gasteiger partial charge on any atom is 0.241 e. The number of carbonyl (C=O) groups is 1. The van der Waals surface area contributed by atoms with E-state index < -0.39 is 10.0 Å². The lowest BCUT2D eigenvalue weighted by atomic mass is 10.3. The van der Waals surface area contributed by atoms with E-state index in [4.69, 9.17) is 16.3 Å². The summed E-state index contributed by atoms with van der Waals surface area (Å²) in [7, 11) is -2.36. The summed E-state index contributed by atoms with van der Waals surface area (Å²) in [5, 5.41) is 0.197. The minimum Gasteiger partial charge on any atom is -0.495 e. The van der Waals surface area contributed by atoms with Gasteiger partial charge in [0.15, 0.2) is 0 Å².